The number of nitrogens with zero attached hydrogens (tertiary/aromatic N) is 2. The highest BCUT2D eigenvalue weighted by atomic mass is 16.4. The third kappa shape index (κ3) is 3.95. The summed E-state index contributed by atoms with van der Waals surface area (Å²) < 4.78 is 0. The molecule has 0 radical (unpaired) electrons. The Morgan fingerprint density at radius 3 is 2.50 bits per heavy atom. The minimum absolute atomic E-state index is 0.0580. The summed E-state index contributed by atoms with van der Waals surface area (Å²) in [6.45, 7) is 1.65. The molecule has 3 N–H and O–H groups in total. The predicted octanol–water partition coefficient (Wildman–Crippen LogP) is 2.82. The minimum atomic E-state index is -1.02. The fourth-order valence-electron chi connectivity index (χ4n) is 3.61. The molecule has 0 saturated heterocycles. The van der Waals surface area contributed by atoms with Gasteiger partial charge in [-0.15, -0.1) is 0 Å². The first-order chi connectivity index (χ1) is 15.4. The van der Waals surface area contributed by atoms with Crippen LogP contribution in [0, 0.1) is 0 Å². The molecule has 1 aliphatic rings. The second-order valence-corrected chi connectivity index (χ2v) is 7.34. The standard InChI is InChI=1S/C24H21N3O5/c1-2-14-3-8-19-17(11-14)18(24(31)32)12-20(26-19)15-4-6-16(7-5-15)25-21-13-22(29)27(9-10-28)23(21)30/h3-8,11-13,25,28H,2,9-10H2,1H3,(H,31,32). The summed E-state index contributed by atoms with van der Waals surface area (Å²) in [5.74, 6) is -1.99. The van der Waals surface area contributed by atoms with Crippen molar-refractivity contribution in [2.75, 3.05) is 18.5 Å². The highest BCUT2D eigenvalue weighted by molar-refractivity contribution is 6.17. The number of imide groups is 1. The Labute approximate surface area is 183 Å². The molecule has 1 aromatic heterocycles. The molecule has 2 amide bonds. The van der Waals surface area contributed by atoms with E-state index in [2.05, 4.69) is 10.3 Å². The number of nitrogens with one attached hydrogen (secondary N) is 1. The molecule has 32 heavy (non-hydrogen) atoms. The van der Waals surface area contributed by atoms with Gasteiger partial charge in [0, 0.05) is 22.7 Å². The number of aromatic nitrogens is 1. The van der Waals surface area contributed by atoms with E-state index in [4.69, 9.17) is 5.11 Å². The highest BCUT2D eigenvalue weighted by Gasteiger charge is 2.30. The van der Waals surface area contributed by atoms with Gasteiger partial charge in [-0.1, -0.05) is 25.1 Å². The van der Waals surface area contributed by atoms with Gasteiger partial charge in [-0.05, 0) is 42.3 Å². The Balaban J connectivity index is 1.62. The van der Waals surface area contributed by atoms with Gasteiger partial charge in [-0.3, -0.25) is 14.5 Å². The van der Waals surface area contributed by atoms with Crippen molar-refractivity contribution < 1.29 is 24.6 Å². The first kappa shape index (κ1) is 21.2. The number of aromatic carboxylic acids is 1. The molecule has 0 saturated carbocycles. The number of carboxylic acid groups (broad SMARTS) is 1. The van der Waals surface area contributed by atoms with Gasteiger partial charge in [0.15, 0.2) is 0 Å². The molecule has 162 valence electrons. The number of fused-ring (bicyclic) bond motifs is 1. The van der Waals surface area contributed by atoms with Crippen LogP contribution in [0.15, 0.2) is 60.3 Å². The number of carbonyl (C=O) groups excluding carboxylic acids is 2. The highest BCUT2D eigenvalue weighted by Crippen LogP contribution is 2.27. The van der Waals surface area contributed by atoms with E-state index in [1.807, 2.05) is 25.1 Å². The van der Waals surface area contributed by atoms with Crippen LogP contribution in [0.4, 0.5) is 5.69 Å². The summed E-state index contributed by atoms with van der Waals surface area (Å²) in [6, 6.07) is 14.1. The summed E-state index contributed by atoms with van der Waals surface area (Å²) in [7, 11) is 0. The lowest BCUT2D eigenvalue weighted by atomic mass is 10.0. The molecular formula is C24H21N3O5. The summed E-state index contributed by atoms with van der Waals surface area (Å²) in [6.07, 6.45) is 1.99. The average Bonchev–Trinajstić information content (AvgIpc) is 3.06. The molecule has 2 aromatic carbocycles. The molecule has 8 nitrogen and oxygen atoms in total. The summed E-state index contributed by atoms with van der Waals surface area (Å²) >= 11 is 0. The maximum absolute atomic E-state index is 12.3. The van der Waals surface area contributed by atoms with Gasteiger partial charge in [-0.2, -0.15) is 0 Å². The van der Waals surface area contributed by atoms with Crippen molar-refractivity contribution in [3.63, 3.8) is 0 Å². The van der Waals surface area contributed by atoms with Crippen molar-refractivity contribution in [1.29, 1.82) is 0 Å². The number of carbonyl (C=O) groups is 3. The van der Waals surface area contributed by atoms with Crippen molar-refractivity contribution >= 4 is 34.4 Å². The molecule has 0 spiro atoms. The fourth-order valence-corrected chi connectivity index (χ4v) is 3.61. The fraction of sp³-hybridized carbons (Fsp3) is 0.167. The van der Waals surface area contributed by atoms with Crippen molar-refractivity contribution in [2.45, 2.75) is 13.3 Å². The number of hydrogen-bond donors (Lipinski definition) is 3. The summed E-state index contributed by atoms with van der Waals surface area (Å²) in [5.41, 5.74) is 3.76. The smallest absolute Gasteiger partial charge is 0.336 e. The maximum atomic E-state index is 12.3. The van der Waals surface area contributed by atoms with Crippen LogP contribution in [0.3, 0.4) is 0 Å². The number of anilines is 1. The molecule has 0 bridgehead atoms. The van der Waals surface area contributed by atoms with E-state index in [1.54, 1.807) is 30.3 Å². The largest absolute Gasteiger partial charge is 0.478 e. The molecule has 8 heteroatoms. The van der Waals surface area contributed by atoms with E-state index in [0.717, 1.165) is 16.9 Å². The Morgan fingerprint density at radius 1 is 1.09 bits per heavy atom. The third-order valence-corrected chi connectivity index (χ3v) is 5.30. The SMILES string of the molecule is CCc1ccc2nc(-c3ccc(NC4=CC(=O)N(CCO)C4=O)cc3)cc(C(=O)O)c2c1. The zero-order valence-electron chi connectivity index (χ0n) is 17.3. The van der Waals surface area contributed by atoms with Crippen molar-refractivity contribution in [2.24, 2.45) is 0 Å². The molecule has 0 atom stereocenters. The Morgan fingerprint density at radius 2 is 1.84 bits per heavy atom. The van der Waals surface area contributed by atoms with Crippen LogP contribution < -0.4 is 5.32 Å². The number of hydrogen-bond acceptors (Lipinski definition) is 6. The van der Waals surface area contributed by atoms with Gasteiger partial charge >= 0.3 is 5.97 Å². The van der Waals surface area contributed by atoms with Crippen LogP contribution in [0.1, 0.15) is 22.8 Å². The first-order valence-electron chi connectivity index (χ1n) is 10.1. The van der Waals surface area contributed by atoms with Crippen LogP contribution in [0.25, 0.3) is 22.2 Å². The van der Waals surface area contributed by atoms with Gasteiger partial charge in [0.25, 0.3) is 11.8 Å². The molecule has 1 aliphatic heterocycles. The zero-order valence-corrected chi connectivity index (χ0v) is 17.3. The topological polar surface area (TPSA) is 120 Å². The first-order valence-corrected chi connectivity index (χ1v) is 10.1. The number of carboxylic acids is 1. The predicted molar refractivity (Wildman–Crippen MR) is 119 cm³/mol. The number of β-amino-alcohol motifs (C(OH)–C–C–N with tert-alkyl or cyclic N) is 1. The lowest BCUT2D eigenvalue weighted by Crippen LogP contribution is -2.34. The number of rotatable bonds is 7. The molecular weight excluding hydrogens is 410 g/mol. The Bertz CT molecular complexity index is 1260. The van der Waals surface area contributed by atoms with E-state index < -0.39 is 17.8 Å². The number of aryl methyl sites for hydroxylation is 1. The van der Waals surface area contributed by atoms with E-state index in [-0.39, 0.29) is 24.4 Å². The van der Waals surface area contributed by atoms with Crippen molar-refractivity contribution in [1.82, 2.24) is 9.88 Å². The van der Waals surface area contributed by atoms with Crippen LogP contribution in [-0.4, -0.2) is 51.0 Å². The quantitative estimate of drug-likeness (QED) is 0.492. The molecule has 0 fully saturated rings. The summed E-state index contributed by atoms with van der Waals surface area (Å²) in [5, 5.41) is 22.2. The zero-order chi connectivity index (χ0) is 22.8. The lowest BCUT2D eigenvalue weighted by Gasteiger charge is -2.13. The minimum Gasteiger partial charge on any atom is -0.478 e. The molecule has 0 aliphatic carbocycles. The van der Waals surface area contributed by atoms with Gasteiger partial charge < -0.3 is 15.5 Å². The third-order valence-electron chi connectivity index (χ3n) is 5.30. The van der Waals surface area contributed by atoms with Gasteiger partial charge in [-0.25, -0.2) is 9.78 Å². The monoisotopic (exact) mass is 431 g/mol. The Hall–Kier alpha value is -4.04. The second kappa shape index (κ2) is 8.60. The number of aliphatic hydroxyl groups is 1. The van der Waals surface area contributed by atoms with Crippen molar-refractivity contribution in [3.05, 3.63) is 71.4 Å². The average molecular weight is 431 g/mol. The number of aliphatic hydroxyl groups excluding tert-OH is 1. The lowest BCUT2D eigenvalue weighted by molar-refractivity contribution is -0.137. The van der Waals surface area contributed by atoms with Crippen molar-refractivity contribution in [3.8, 4) is 11.3 Å². The van der Waals surface area contributed by atoms with E-state index in [9.17, 15) is 19.5 Å². The van der Waals surface area contributed by atoms with Gasteiger partial charge in [0.2, 0.25) is 0 Å². The van der Waals surface area contributed by atoms with E-state index >= 15 is 0 Å². The summed E-state index contributed by atoms with van der Waals surface area (Å²) in [4.78, 5) is 41.6. The number of pyridine rings is 1. The number of benzene rings is 2. The maximum Gasteiger partial charge on any atom is 0.336 e. The van der Waals surface area contributed by atoms with E-state index in [0.29, 0.717) is 27.8 Å². The second-order valence-electron chi connectivity index (χ2n) is 7.34. The van der Waals surface area contributed by atoms with Crippen LogP contribution in [0.2, 0.25) is 0 Å². The molecule has 2 heterocycles. The van der Waals surface area contributed by atoms with Gasteiger partial charge in [0.1, 0.15) is 5.70 Å². The molecule has 3 aromatic rings. The van der Waals surface area contributed by atoms with E-state index in [1.165, 1.54) is 6.08 Å². The van der Waals surface area contributed by atoms with Gasteiger partial charge in [0.05, 0.1) is 29.9 Å². The molecule has 0 unspecified atom stereocenters. The van der Waals surface area contributed by atoms with Crippen LogP contribution >= 0.6 is 0 Å². The van der Waals surface area contributed by atoms with Crippen LogP contribution in [-0.2, 0) is 16.0 Å². The Kier molecular flexibility index (Phi) is 5.70. The van der Waals surface area contributed by atoms with Crippen LogP contribution in [0.5, 0.6) is 0 Å². The normalized spacial score (nSPS) is 13.6. The number of amides is 2. The molecule has 4 rings (SSSR count).